The molecule has 1 saturated heterocycles. The maximum Gasteiger partial charge on any atom is 0.412 e. The maximum absolute atomic E-state index is 14.8. The Morgan fingerprint density at radius 3 is 2.56 bits per heavy atom. The van der Waals surface area contributed by atoms with E-state index in [4.69, 9.17) is 28.9 Å². The van der Waals surface area contributed by atoms with Gasteiger partial charge in [-0.1, -0.05) is 60.5 Å². The van der Waals surface area contributed by atoms with Crippen LogP contribution in [0.3, 0.4) is 0 Å². The van der Waals surface area contributed by atoms with E-state index >= 15 is 0 Å². The molecule has 2 aliphatic heterocycles. The van der Waals surface area contributed by atoms with Gasteiger partial charge in [0.05, 0.1) is 24.8 Å². The van der Waals surface area contributed by atoms with E-state index in [-0.39, 0.29) is 49.9 Å². The van der Waals surface area contributed by atoms with Crippen LogP contribution in [0.15, 0.2) is 90.1 Å². The lowest BCUT2D eigenvalue weighted by atomic mass is 9.55. The number of nitrogens with zero attached hydrogens (tertiary/aromatic N) is 2. The molecule has 2 heterocycles. The fourth-order valence-corrected chi connectivity index (χ4v) is 9.66. The third-order valence-electron chi connectivity index (χ3n) is 12.4. The number of aliphatic hydroxyl groups excluding tert-OH is 2. The number of unbranched alkanes of at least 4 members (excludes halogenated alkanes) is 2. The van der Waals surface area contributed by atoms with E-state index in [0.29, 0.717) is 48.8 Å². The first-order valence-electron chi connectivity index (χ1n) is 21.4. The van der Waals surface area contributed by atoms with Gasteiger partial charge in [-0.25, -0.2) is 4.79 Å². The lowest BCUT2D eigenvalue weighted by Crippen LogP contribution is -2.69. The van der Waals surface area contributed by atoms with E-state index in [1.165, 1.54) is 0 Å². The van der Waals surface area contributed by atoms with Gasteiger partial charge in [-0.2, -0.15) is 0 Å². The third-order valence-corrected chi connectivity index (χ3v) is 12.4. The second kappa shape index (κ2) is 19.5. The van der Waals surface area contributed by atoms with Gasteiger partial charge in [-0.3, -0.25) is 4.79 Å². The van der Waals surface area contributed by atoms with Gasteiger partial charge in [0.25, 0.3) is 5.91 Å². The second-order valence-electron chi connectivity index (χ2n) is 16.1. The summed E-state index contributed by atoms with van der Waals surface area (Å²) in [6.45, 7) is 7.18. The topological polar surface area (TPSA) is 148 Å². The Labute approximate surface area is 347 Å². The summed E-state index contributed by atoms with van der Waals surface area (Å²) in [4.78, 5) is 35.5. The molecule has 2 fully saturated rings. The highest BCUT2D eigenvalue weighted by Gasteiger charge is 2.65. The number of allylic oxidation sites excluding steroid dienone is 1. The van der Waals surface area contributed by atoms with Gasteiger partial charge < -0.3 is 44.2 Å². The van der Waals surface area contributed by atoms with Crippen molar-refractivity contribution in [2.24, 2.45) is 22.9 Å². The summed E-state index contributed by atoms with van der Waals surface area (Å²) in [5.41, 5.74) is 3.01. The van der Waals surface area contributed by atoms with Gasteiger partial charge in [0, 0.05) is 56.7 Å². The maximum atomic E-state index is 14.8. The zero-order valence-corrected chi connectivity index (χ0v) is 34.4. The first-order valence-corrected chi connectivity index (χ1v) is 21.4. The molecule has 12 heteroatoms. The molecule has 3 N–H and O–H groups in total. The molecule has 12 nitrogen and oxygen atoms in total. The molecular weight excluding hydrogens is 751 g/mol. The molecule has 1 saturated carbocycles. The van der Waals surface area contributed by atoms with Crippen LogP contribution < -0.4 is 14.8 Å². The number of carbonyl (C=O) groups excluding carboxylic acids is 2. The van der Waals surface area contributed by atoms with E-state index < -0.39 is 30.1 Å². The van der Waals surface area contributed by atoms with Gasteiger partial charge in [-0.05, 0) is 104 Å². The molecular formula is C47H59N3O9. The van der Waals surface area contributed by atoms with Crippen LogP contribution >= 0.6 is 0 Å². The van der Waals surface area contributed by atoms with Crippen molar-refractivity contribution in [3.63, 3.8) is 0 Å². The van der Waals surface area contributed by atoms with E-state index in [2.05, 4.69) is 18.0 Å². The number of rotatable bonds is 17. The molecule has 0 aromatic heterocycles. The number of amides is 2. The average Bonchev–Trinajstić information content (AvgIpc) is 3.26. The quantitative estimate of drug-likeness (QED) is 0.0704. The van der Waals surface area contributed by atoms with Crippen LogP contribution in [0.4, 0.5) is 4.79 Å². The van der Waals surface area contributed by atoms with Crippen molar-refractivity contribution in [1.82, 2.24) is 10.2 Å². The zero-order valence-electron chi connectivity index (χ0n) is 34.4. The minimum absolute atomic E-state index is 0.0205. The summed E-state index contributed by atoms with van der Waals surface area (Å²) in [5.74, 6) is -1.34. The van der Waals surface area contributed by atoms with Crippen LogP contribution in [0.25, 0.3) is 10.8 Å². The normalized spacial score (nSPS) is 26.5. The number of nitrogens with one attached hydrogen (secondary N) is 1. The number of likely N-dealkylation sites (N-methyl/N-ethyl adjacent to an activating group) is 1. The van der Waals surface area contributed by atoms with Crippen molar-refractivity contribution in [2.75, 3.05) is 40.0 Å². The molecule has 59 heavy (non-hydrogen) atoms. The van der Waals surface area contributed by atoms with Crippen molar-refractivity contribution in [2.45, 2.75) is 95.2 Å². The van der Waals surface area contributed by atoms with E-state index in [0.717, 1.165) is 66.9 Å². The van der Waals surface area contributed by atoms with Crippen LogP contribution in [0.5, 0.6) is 11.5 Å². The summed E-state index contributed by atoms with van der Waals surface area (Å²) in [6, 6.07) is 18.5. The lowest BCUT2D eigenvalue weighted by Gasteiger charge is -2.59. The number of hydrogen-bond acceptors (Lipinski definition) is 10. The van der Waals surface area contributed by atoms with Gasteiger partial charge in [-0.15, -0.1) is 6.58 Å². The first-order chi connectivity index (χ1) is 28.8. The summed E-state index contributed by atoms with van der Waals surface area (Å²) in [7, 11) is 1.80. The van der Waals surface area contributed by atoms with Crippen molar-refractivity contribution >= 4 is 28.5 Å². The molecule has 7 unspecified atom stereocenters. The van der Waals surface area contributed by atoms with Crippen LogP contribution in [-0.4, -0.2) is 91.0 Å². The lowest BCUT2D eigenvalue weighted by molar-refractivity contribution is -0.252. The molecule has 3 aromatic carbocycles. The highest BCUT2D eigenvalue weighted by Crippen LogP contribution is 2.62. The van der Waals surface area contributed by atoms with Crippen LogP contribution in [0, 0.1) is 17.8 Å². The van der Waals surface area contributed by atoms with Crippen LogP contribution in [0.2, 0.25) is 0 Å². The van der Waals surface area contributed by atoms with Crippen LogP contribution in [0.1, 0.15) is 93.0 Å². The molecule has 3 aromatic rings. The van der Waals surface area contributed by atoms with Crippen molar-refractivity contribution in [3.8, 4) is 11.5 Å². The van der Waals surface area contributed by atoms with E-state index in [1.54, 1.807) is 24.1 Å². The molecule has 2 amide bonds. The van der Waals surface area contributed by atoms with Crippen molar-refractivity contribution < 1.29 is 43.6 Å². The Balaban J connectivity index is 1.42. The van der Waals surface area contributed by atoms with E-state index in [9.17, 15) is 19.8 Å². The average molecular weight is 810 g/mol. The van der Waals surface area contributed by atoms with Gasteiger partial charge in [0.2, 0.25) is 12.1 Å². The number of ether oxygens (including phenoxy) is 4. The number of fused-ring (bicyclic) bond motifs is 3. The van der Waals surface area contributed by atoms with Crippen molar-refractivity contribution in [3.05, 3.63) is 96.1 Å². The largest absolute Gasteiger partial charge is 0.459 e. The minimum atomic E-state index is -1.41. The minimum Gasteiger partial charge on any atom is -0.459 e. The highest BCUT2D eigenvalue weighted by atomic mass is 16.8. The number of hydrogen-bond donors (Lipinski definition) is 3. The fourth-order valence-electron chi connectivity index (χ4n) is 9.66. The Bertz CT molecular complexity index is 2010. The smallest absolute Gasteiger partial charge is 0.412 e. The van der Waals surface area contributed by atoms with Gasteiger partial charge in [0.1, 0.15) is 17.5 Å². The molecule has 4 aliphatic rings. The predicted molar refractivity (Wildman–Crippen MR) is 225 cm³/mol. The molecule has 7 atom stereocenters. The number of aliphatic hydroxyl groups is 2. The standard InChI is InChI=1S/C47H59N3O9/c1-4-25-56-47-41(50(3)45(53)34-20-19-31-14-6-7-15-32(31)27-34)30-39(49-59-42-18-10-13-26-55-42)37-28-33(16-8-11-23-51)36(17-9-12-24-52)43(44(37)47)38-29-35(21-22-40(38)58-47)57-46(54)48-5-2/h4,6-7,14-15,19-22,27-29,33,36,41-44,51-52H,1,5,8-13,16-18,23-26,30H2,2-3H3,(H,48,54). The van der Waals surface area contributed by atoms with Gasteiger partial charge in [0.15, 0.2) is 0 Å². The summed E-state index contributed by atoms with van der Waals surface area (Å²) >= 11 is 0. The molecule has 0 radical (unpaired) electrons. The second-order valence-corrected chi connectivity index (χ2v) is 16.1. The fraction of sp³-hybridized carbons (Fsp3) is 0.511. The highest BCUT2D eigenvalue weighted by molar-refractivity contribution is 6.04. The number of benzene rings is 3. The Morgan fingerprint density at radius 2 is 1.81 bits per heavy atom. The number of carbonyl (C=O) groups is 2. The van der Waals surface area contributed by atoms with Crippen LogP contribution in [-0.2, 0) is 14.3 Å². The zero-order chi connectivity index (χ0) is 41.4. The summed E-state index contributed by atoms with van der Waals surface area (Å²) < 4.78 is 26.0. The van der Waals surface area contributed by atoms with Gasteiger partial charge >= 0.3 is 6.09 Å². The summed E-state index contributed by atoms with van der Waals surface area (Å²) in [5, 5.41) is 29.4. The first kappa shape index (κ1) is 42.4. The summed E-state index contributed by atoms with van der Waals surface area (Å²) in [6.07, 6.45) is 10.4. The molecule has 316 valence electrons. The third kappa shape index (κ3) is 9.06. The molecule has 0 bridgehead atoms. The Hall–Kier alpha value is -4.75. The Morgan fingerprint density at radius 1 is 1.02 bits per heavy atom. The Kier molecular flexibility index (Phi) is 14.0. The van der Waals surface area contributed by atoms with E-state index in [1.807, 2.05) is 61.5 Å². The monoisotopic (exact) mass is 809 g/mol. The number of oxime groups is 1. The van der Waals surface area contributed by atoms with Crippen molar-refractivity contribution in [1.29, 1.82) is 0 Å². The molecule has 2 aliphatic carbocycles. The molecule has 0 spiro atoms. The SMILES string of the molecule is C=CCOC12Oc3ccc(OC(=O)NCC)cc3C3C(CCCCO)C(CCCCO)C=C(C(=NOC4CCCCO4)CC1N(C)C(=O)c1ccc4ccccc4c1)C32. The molecule has 7 rings (SSSR count). The predicted octanol–water partition coefficient (Wildman–Crippen LogP) is 7.88.